The van der Waals surface area contributed by atoms with Crippen LogP contribution in [-0.4, -0.2) is 101 Å². The Balaban J connectivity index is 1.39. The van der Waals surface area contributed by atoms with E-state index >= 15 is 0 Å². The van der Waals surface area contributed by atoms with Crippen LogP contribution in [0.2, 0.25) is 0 Å². The number of carbonyl (C=O) groups excluding carboxylic acids is 3. The fourth-order valence-electron chi connectivity index (χ4n) is 5.11. The summed E-state index contributed by atoms with van der Waals surface area (Å²) < 4.78 is 19.5. The zero-order valence-corrected chi connectivity index (χ0v) is 22.2. The number of likely N-dealkylation sites (tertiary alicyclic amines) is 1. The van der Waals surface area contributed by atoms with Crippen LogP contribution in [0, 0.1) is 5.92 Å². The van der Waals surface area contributed by atoms with E-state index in [2.05, 4.69) is 15.5 Å². The molecule has 0 saturated carbocycles. The van der Waals surface area contributed by atoms with Gasteiger partial charge in [-0.15, -0.1) is 11.8 Å². The van der Waals surface area contributed by atoms with Crippen LogP contribution < -0.4 is 10.6 Å². The van der Waals surface area contributed by atoms with Gasteiger partial charge in [-0.1, -0.05) is 26.0 Å². The van der Waals surface area contributed by atoms with Gasteiger partial charge in [-0.2, -0.15) is 0 Å². The molecular weight excluding hydrogens is 499 g/mol. The second kappa shape index (κ2) is 12.7. The second-order valence-corrected chi connectivity index (χ2v) is 11.4. The summed E-state index contributed by atoms with van der Waals surface area (Å²) in [4.78, 5) is 42.0. The third-order valence-electron chi connectivity index (χ3n) is 7.09. The lowest BCUT2D eigenvalue weighted by Crippen LogP contribution is -2.52. The maximum Gasteiger partial charge on any atom is 0.251 e. The van der Waals surface area contributed by atoms with E-state index in [4.69, 9.17) is 4.74 Å². The molecule has 5 atom stereocenters. The Kier molecular flexibility index (Phi) is 9.57. The lowest BCUT2D eigenvalue weighted by atomic mass is 10.0. The van der Waals surface area contributed by atoms with Gasteiger partial charge in [0, 0.05) is 36.9 Å². The Hall–Kier alpha value is -2.05. The predicted molar refractivity (Wildman–Crippen MR) is 139 cm³/mol. The van der Waals surface area contributed by atoms with Crippen LogP contribution in [0.1, 0.15) is 48.7 Å². The van der Waals surface area contributed by atoms with Crippen molar-refractivity contribution in [1.82, 2.24) is 20.4 Å². The van der Waals surface area contributed by atoms with Crippen LogP contribution in [-0.2, 0) is 14.3 Å². The molecule has 0 radical (unpaired) electrons. The van der Waals surface area contributed by atoms with Crippen LogP contribution in [0.5, 0.6) is 0 Å². The van der Waals surface area contributed by atoms with Crippen LogP contribution in [0.25, 0.3) is 0 Å². The number of amides is 2. The number of ketones is 1. The normalized spacial score (nSPS) is 27.4. The largest absolute Gasteiger partial charge is 0.389 e. The van der Waals surface area contributed by atoms with E-state index in [-0.39, 0.29) is 30.4 Å². The molecule has 3 heterocycles. The van der Waals surface area contributed by atoms with Crippen molar-refractivity contribution < 1.29 is 28.6 Å². The summed E-state index contributed by atoms with van der Waals surface area (Å²) >= 11 is 1.87. The minimum Gasteiger partial charge on any atom is -0.389 e. The minimum atomic E-state index is -1.34. The van der Waals surface area contributed by atoms with Crippen molar-refractivity contribution in [1.29, 1.82) is 0 Å². The lowest BCUT2D eigenvalue weighted by Gasteiger charge is -2.31. The molecule has 1 aromatic carbocycles. The van der Waals surface area contributed by atoms with E-state index in [1.54, 1.807) is 12.1 Å². The Morgan fingerprint density at radius 1 is 1.22 bits per heavy atom. The molecule has 4 rings (SSSR count). The topological polar surface area (TPSA) is 111 Å². The Labute approximate surface area is 221 Å². The van der Waals surface area contributed by atoms with Gasteiger partial charge in [-0.05, 0) is 30.0 Å². The van der Waals surface area contributed by atoms with Crippen molar-refractivity contribution >= 4 is 29.4 Å². The van der Waals surface area contributed by atoms with E-state index in [0.717, 1.165) is 37.6 Å². The zero-order chi connectivity index (χ0) is 26.5. The van der Waals surface area contributed by atoms with Crippen LogP contribution in [0.15, 0.2) is 24.3 Å². The quantitative estimate of drug-likeness (QED) is 0.434. The van der Waals surface area contributed by atoms with Gasteiger partial charge >= 0.3 is 0 Å². The van der Waals surface area contributed by atoms with Gasteiger partial charge in [-0.25, -0.2) is 4.39 Å². The molecule has 2 amide bonds. The van der Waals surface area contributed by atoms with Crippen molar-refractivity contribution in [2.75, 3.05) is 45.2 Å². The van der Waals surface area contributed by atoms with E-state index in [0.29, 0.717) is 12.0 Å². The number of aliphatic hydroxyl groups is 1. The van der Waals surface area contributed by atoms with E-state index in [1.807, 2.05) is 37.7 Å². The van der Waals surface area contributed by atoms with E-state index in [1.165, 1.54) is 4.90 Å². The highest BCUT2D eigenvalue weighted by Crippen LogP contribution is 2.31. The average Bonchev–Trinajstić information content (AvgIpc) is 3.55. The number of nitrogens with zero attached hydrogens (tertiary/aromatic N) is 2. The van der Waals surface area contributed by atoms with E-state index < -0.39 is 42.5 Å². The molecule has 3 fully saturated rings. The standard InChI is InChI=1S/C26H37FN4O5S/c1-16(2)11-20(25(35)31-13-19(27)12-22(31)23(33)14-32)28-24(34)18-5-3-17(4-6-18)21-15-37-26(29-21)30-7-9-36-10-8-30/h3-6,16,19-22,26,29,32H,7-15H2,1-2H3,(H,28,34)/t19-,20+,21?,22+,26?/m1/s1. The molecule has 0 aliphatic carbocycles. The lowest BCUT2D eigenvalue weighted by molar-refractivity contribution is -0.140. The molecule has 37 heavy (non-hydrogen) atoms. The molecule has 11 heteroatoms. The first-order valence-electron chi connectivity index (χ1n) is 12.9. The monoisotopic (exact) mass is 536 g/mol. The number of Topliss-reactive ketones (excluding diaryl/α,β-unsaturated/α-hetero) is 1. The molecule has 0 bridgehead atoms. The second-order valence-electron chi connectivity index (χ2n) is 10.3. The van der Waals surface area contributed by atoms with Gasteiger partial charge in [0.1, 0.15) is 24.3 Å². The molecule has 9 nitrogen and oxygen atoms in total. The molecule has 204 valence electrons. The molecule has 1 aromatic rings. The molecule has 0 spiro atoms. The van der Waals surface area contributed by atoms with Gasteiger partial charge in [0.15, 0.2) is 5.78 Å². The molecule has 2 unspecified atom stereocenters. The summed E-state index contributed by atoms with van der Waals surface area (Å²) in [5.74, 6) is -0.470. The maximum atomic E-state index is 14.1. The van der Waals surface area contributed by atoms with Crippen molar-refractivity contribution in [2.45, 2.75) is 56.5 Å². The number of hydrogen-bond acceptors (Lipinski definition) is 8. The first-order valence-corrected chi connectivity index (χ1v) is 14.0. The van der Waals surface area contributed by atoms with Crippen LogP contribution in [0.4, 0.5) is 4.39 Å². The van der Waals surface area contributed by atoms with Gasteiger partial charge < -0.3 is 20.1 Å². The minimum absolute atomic E-state index is 0.0812. The number of halogens is 1. The van der Waals surface area contributed by atoms with Crippen LogP contribution >= 0.6 is 11.8 Å². The number of hydrogen-bond donors (Lipinski definition) is 3. The first-order chi connectivity index (χ1) is 17.8. The number of thioether (sulfide) groups is 1. The Bertz CT molecular complexity index is 959. The van der Waals surface area contributed by atoms with Gasteiger partial charge in [-0.3, -0.25) is 24.6 Å². The number of ether oxygens (including phenoxy) is 1. The Morgan fingerprint density at radius 2 is 1.92 bits per heavy atom. The SMILES string of the molecule is CC(C)C[C@H](NC(=O)c1ccc(C2CSC(N3CCOCC3)N2)cc1)C(=O)N1C[C@H](F)C[C@H]1C(=O)CO. The summed E-state index contributed by atoms with van der Waals surface area (Å²) in [6.45, 7) is 6.20. The molecule has 0 aromatic heterocycles. The van der Waals surface area contributed by atoms with Crippen molar-refractivity contribution in [3.63, 3.8) is 0 Å². The average molecular weight is 537 g/mol. The van der Waals surface area contributed by atoms with Gasteiger partial charge in [0.2, 0.25) is 5.91 Å². The molecule has 3 aliphatic rings. The summed E-state index contributed by atoms with van der Waals surface area (Å²) in [6.07, 6.45) is -1.12. The Morgan fingerprint density at radius 3 is 2.57 bits per heavy atom. The molecule has 3 aliphatic heterocycles. The van der Waals surface area contributed by atoms with Gasteiger partial charge in [0.25, 0.3) is 5.91 Å². The highest BCUT2D eigenvalue weighted by atomic mass is 32.2. The van der Waals surface area contributed by atoms with Gasteiger partial charge in [0.05, 0.1) is 25.8 Å². The maximum absolute atomic E-state index is 14.1. The first kappa shape index (κ1) is 28.0. The van der Waals surface area contributed by atoms with Crippen molar-refractivity contribution in [2.24, 2.45) is 5.92 Å². The summed E-state index contributed by atoms with van der Waals surface area (Å²) in [6, 6.07) is 5.64. The predicted octanol–water partition coefficient (Wildman–Crippen LogP) is 1.32. The van der Waals surface area contributed by atoms with Crippen LogP contribution in [0.3, 0.4) is 0 Å². The number of nitrogens with one attached hydrogen (secondary N) is 2. The fraction of sp³-hybridized carbons (Fsp3) is 0.654. The third kappa shape index (κ3) is 6.88. The third-order valence-corrected chi connectivity index (χ3v) is 8.36. The van der Waals surface area contributed by atoms with Crippen molar-refractivity contribution in [3.05, 3.63) is 35.4 Å². The number of aliphatic hydroxyl groups excluding tert-OH is 1. The highest BCUT2D eigenvalue weighted by molar-refractivity contribution is 8.00. The smallest absolute Gasteiger partial charge is 0.251 e. The summed E-state index contributed by atoms with van der Waals surface area (Å²) in [5.41, 5.74) is 1.76. The molecular formula is C26H37FN4O5S. The molecule has 3 saturated heterocycles. The summed E-state index contributed by atoms with van der Waals surface area (Å²) in [5, 5.41) is 15.7. The summed E-state index contributed by atoms with van der Waals surface area (Å²) in [7, 11) is 0. The zero-order valence-electron chi connectivity index (χ0n) is 21.4. The number of carbonyl (C=O) groups is 3. The number of benzene rings is 1. The number of rotatable bonds is 9. The highest BCUT2D eigenvalue weighted by Gasteiger charge is 2.42. The van der Waals surface area contributed by atoms with E-state index in [9.17, 15) is 23.9 Å². The fourth-order valence-corrected chi connectivity index (χ4v) is 6.46. The van der Waals surface area contributed by atoms with Crippen molar-refractivity contribution in [3.8, 4) is 0 Å². The molecule has 3 N–H and O–H groups in total. The number of alkyl halides is 1. The number of morpholine rings is 1.